The quantitative estimate of drug-likeness (QED) is 0.675. The molecule has 1 saturated heterocycles. The first kappa shape index (κ1) is 13.2. The van der Waals surface area contributed by atoms with Crippen LogP contribution in [0, 0.1) is 0 Å². The fraction of sp³-hybridized carbons (Fsp3) is 1.00. The molecule has 2 fully saturated rings. The van der Waals surface area contributed by atoms with Gasteiger partial charge in [0, 0.05) is 12.1 Å². The summed E-state index contributed by atoms with van der Waals surface area (Å²) in [6, 6.07) is -0.918. The summed E-state index contributed by atoms with van der Waals surface area (Å²) in [7, 11) is 0. The van der Waals surface area contributed by atoms with Crippen LogP contribution >= 0.6 is 0 Å². The number of piperidine rings is 1. The van der Waals surface area contributed by atoms with E-state index in [-0.39, 0.29) is 12.1 Å². The van der Waals surface area contributed by atoms with Crippen molar-refractivity contribution in [3.8, 4) is 0 Å². The molecule has 0 spiro atoms. The van der Waals surface area contributed by atoms with E-state index in [1.54, 1.807) is 4.90 Å². The average molecular weight is 249 g/mol. The van der Waals surface area contributed by atoms with Crippen LogP contribution < -0.4 is 0 Å². The highest BCUT2D eigenvalue weighted by Crippen LogP contribution is 2.38. The van der Waals surface area contributed by atoms with Crippen molar-refractivity contribution in [3.05, 3.63) is 0 Å². The van der Waals surface area contributed by atoms with Crippen molar-refractivity contribution in [2.75, 3.05) is 0 Å². The van der Waals surface area contributed by atoms with Crippen LogP contribution in [0.4, 0.5) is 13.2 Å². The summed E-state index contributed by atoms with van der Waals surface area (Å²) >= 11 is 0. The molecule has 2 unspecified atom stereocenters. The number of rotatable bonds is 1. The van der Waals surface area contributed by atoms with Gasteiger partial charge in [-0.2, -0.15) is 13.2 Å². The normalized spacial score (nSPS) is 33.9. The van der Waals surface area contributed by atoms with Crippen molar-refractivity contribution in [3.63, 3.8) is 0 Å². The minimum Gasteiger partial charge on any atom is -0.287 e. The van der Waals surface area contributed by atoms with E-state index in [4.69, 9.17) is 0 Å². The van der Waals surface area contributed by atoms with Gasteiger partial charge in [-0.05, 0) is 39.0 Å². The van der Waals surface area contributed by atoms with Gasteiger partial charge >= 0.3 is 6.18 Å². The van der Waals surface area contributed by atoms with E-state index in [0.29, 0.717) is 12.8 Å². The van der Waals surface area contributed by atoms with Gasteiger partial charge in [0.2, 0.25) is 0 Å². The zero-order valence-electron chi connectivity index (χ0n) is 10.5. The molecule has 0 radical (unpaired) electrons. The van der Waals surface area contributed by atoms with E-state index < -0.39 is 12.2 Å². The molecule has 0 bridgehead atoms. The van der Waals surface area contributed by atoms with E-state index in [1.807, 2.05) is 6.92 Å². The lowest BCUT2D eigenvalue weighted by atomic mass is 9.87. The van der Waals surface area contributed by atoms with Gasteiger partial charge in [-0.1, -0.05) is 19.3 Å². The largest absolute Gasteiger partial charge is 0.404 e. The average Bonchev–Trinajstić information content (AvgIpc) is 2.28. The third-order valence-electron chi connectivity index (χ3n) is 4.34. The Morgan fingerprint density at radius 2 is 1.53 bits per heavy atom. The Morgan fingerprint density at radius 3 is 2.12 bits per heavy atom. The zero-order chi connectivity index (χ0) is 12.5. The Balaban J connectivity index is 2.12. The molecule has 2 atom stereocenters. The second-order valence-corrected chi connectivity index (χ2v) is 5.58. The van der Waals surface area contributed by atoms with Crippen molar-refractivity contribution < 1.29 is 13.2 Å². The molecule has 0 amide bonds. The Morgan fingerprint density at radius 1 is 0.882 bits per heavy atom. The molecular weight excluding hydrogens is 227 g/mol. The highest BCUT2D eigenvalue weighted by Gasteiger charge is 2.48. The first-order valence-corrected chi connectivity index (χ1v) is 6.84. The SMILES string of the molecule is CC1CCCC(C(F)(F)F)N1C1CCCCC1. The number of halogens is 3. The van der Waals surface area contributed by atoms with E-state index in [0.717, 1.165) is 32.1 Å². The van der Waals surface area contributed by atoms with Gasteiger partial charge < -0.3 is 0 Å². The Bertz CT molecular complexity index is 246. The summed E-state index contributed by atoms with van der Waals surface area (Å²) in [6.07, 6.45) is 3.17. The molecule has 1 saturated carbocycles. The van der Waals surface area contributed by atoms with Crippen LogP contribution in [-0.4, -0.2) is 29.2 Å². The van der Waals surface area contributed by atoms with Crippen LogP contribution in [-0.2, 0) is 0 Å². The Labute approximate surface area is 101 Å². The van der Waals surface area contributed by atoms with Gasteiger partial charge in [-0.15, -0.1) is 0 Å². The highest BCUT2D eigenvalue weighted by atomic mass is 19.4. The third kappa shape index (κ3) is 2.95. The minimum absolute atomic E-state index is 0.0958. The Kier molecular flexibility index (Phi) is 4.01. The van der Waals surface area contributed by atoms with Gasteiger partial charge in [-0.25, -0.2) is 0 Å². The first-order valence-electron chi connectivity index (χ1n) is 6.84. The lowest BCUT2D eigenvalue weighted by Crippen LogP contribution is -2.57. The van der Waals surface area contributed by atoms with Gasteiger partial charge in [0.15, 0.2) is 0 Å². The number of alkyl halides is 3. The minimum atomic E-state index is -4.05. The van der Waals surface area contributed by atoms with Crippen LogP contribution in [0.1, 0.15) is 58.3 Å². The topological polar surface area (TPSA) is 3.24 Å². The van der Waals surface area contributed by atoms with Gasteiger partial charge in [0.25, 0.3) is 0 Å². The smallest absolute Gasteiger partial charge is 0.287 e. The second kappa shape index (κ2) is 5.17. The van der Waals surface area contributed by atoms with E-state index >= 15 is 0 Å². The predicted molar refractivity (Wildman–Crippen MR) is 61.9 cm³/mol. The van der Waals surface area contributed by atoms with Crippen molar-refractivity contribution in [2.24, 2.45) is 0 Å². The summed E-state index contributed by atoms with van der Waals surface area (Å²) < 4.78 is 39.2. The summed E-state index contributed by atoms with van der Waals surface area (Å²) in [4.78, 5) is 1.79. The fourth-order valence-electron chi connectivity index (χ4n) is 3.54. The molecule has 100 valence electrons. The maximum absolute atomic E-state index is 13.1. The molecule has 0 aromatic rings. The third-order valence-corrected chi connectivity index (χ3v) is 4.34. The first-order chi connectivity index (χ1) is 8.00. The zero-order valence-corrected chi connectivity index (χ0v) is 10.5. The molecule has 1 aliphatic heterocycles. The maximum Gasteiger partial charge on any atom is 0.404 e. The molecule has 17 heavy (non-hydrogen) atoms. The number of hydrogen-bond acceptors (Lipinski definition) is 1. The molecule has 0 N–H and O–H groups in total. The summed E-state index contributed by atoms with van der Waals surface area (Å²) in [5.41, 5.74) is 0. The van der Waals surface area contributed by atoms with Crippen LogP contribution in [0.15, 0.2) is 0 Å². The van der Waals surface area contributed by atoms with Crippen LogP contribution in [0.2, 0.25) is 0 Å². The van der Waals surface area contributed by atoms with Gasteiger partial charge in [-0.3, -0.25) is 4.90 Å². The van der Waals surface area contributed by atoms with Crippen LogP contribution in [0.25, 0.3) is 0 Å². The molecule has 1 heterocycles. The molecule has 0 aromatic carbocycles. The standard InChI is InChI=1S/C13H22F3N/c1-10-6-5-9-12(13(14,15)16)17(10)11-7-3-2-4-8-11/h10-12H,2-9H2,1H3. The van der Waals surface area contributed by atoms with Crippen molar-refractivity contribution in [1.82, 2.24) is 4.90 Å². The number of likely N-dealkylation sites (tertiary alicyclic amines) is 1. The van der Waals surface area contributed by atoms with Gasteiger partial charge in [0.1, 0.15) is 6.04 Å². The fourth-order valence-corrected chi connectivity index (χ4v) is 3.54. The Hall–Kier alpha value is -0.250. The molecule has 1 aliphatic carbocycles. The summed E-state index contributed by atoms with van der Waals surface area (Å²) in [5.74, 6) is 0. The van der Waals surface area contributed by atoms with Crippen molar-refractivity contribution >= 4 is 0 Å². The lowest BCUT2D eigenvalue weighted by molar-refractivity contribution is -0.206. The number of nitrogens with zero attached hydrogens (tertiary/aromatic N) is 1. The lowest BCUT2D eigenvalue weighted by Gasteiger charge is -2.47. The van der Waals surface area contributed by atoms with Crippen molar-refractivity contribution in [2.45, 2.75) is 82.6 Å². The molecule has 2 rings (SSSR count). The highest BCUT2D eigenvalue weighted by molar-refractivity contribution is 4.92. The van der Waals surface area contributed by atoms with E-state index in [9.17, 15) is 13.2 Å². The second-order valence-electron chi connectivity index (χ2n) is 5.58. The monoisotopic (exact) mass is 249 g/mol. The summed E-state index contributed by atoms with van der Waals surface area (Å²) in [5, 5.41) is 0. The number of hydrogen-bond donors (Lipinski definition) is 0. The molecule has 4 heteroatoms. The van der Waals surface area contributed by atoms with Gasteiger partial charge in [0.05, 0.1) is 0 Å². The van der Waals surface area contributed by atoms with Crippen LogP contribution in [0.5, 0.6) is 0 Å². The molecule has 0 aromatic heterocycles. The maximum atomic E-state index is 13.1. The molecule has 2 aliphatic rings. The molecule has 1 nitrogen and oxygen atoms in total. The molecular formula is C13H22F3N. The van der Waals surface area contributed by atoms with Crippen LogP contribution in [0.3, 0.4) is 0 Å². The van der Waals surface area contributed by atoms with Crippen molar-refractivity contribution in [1.29, 1.82) is 0 Å². The summed E-state index contributed by atoms with van der Waals surface area (Å²) in [6.45, 7) is 1.96. The predicted octanol–water partition coefficient (Wildman–Crippen LogP) is 4.12. The van der Waals surface area contributed by atoms with E-state index in [2.05, 4.69) is 0 Å². The van der Waals surface area contributed by atoms with E-state index in [1.165, 1.54) is 6.42 Å².